The molecular weight excluding hydrogens is 292 g/mol. The van der Waals surface area contributed by atoms with Crippen molar-refractivity contribution in [3.05, 3.63) is 41.8 Å². The number of nitrogens with zero attached hydrogens (tertiary/aromatic N) is 2. The van der Waals surface area contributed by atoms with Crippen LogP contribution in [0.4, 0.5) is 0 Å². The van der Waals surface area contributed by atoms with Crippen LogP contribution in [0.2, 0.25) is 0 Å². The van der Waals surface area contributed by atoms with Crippen LogP contribution in [0.5, 0.6) is 0 Å². The first-order chi connectivity index (χ1) is 11.1. The molecule has 1 aromatic heterocycles. The molecule has 0 saturated carbocycles. The maximum atomic E-state index is 12.8. The number of amides is 1. The van der Waals surface area contributed by atoms with Crippen molar-refractivity contribution >= 4 is 5.91 Å². The summed E-state index contributed by atoms with van der Waals surface area (Å²) >= 11 is 0. The molecule has 5 nitrogen and oxygen atoms in total. The van der Waals surface area contributed by atoms with Crippen molar-refractivity contribution in [2.45, 2.75) is 20.3 Å². The van der Waals surface area contributed by atoms with Crippen LogP contribution in [-0.4, -0.2) is 40.6 Å². The van der Waals surface area contributed by atoms with Gasteiger partial charge in [0.25, 0.3) is 5.91 Å². The number of carbonyl (C=O) groups is 1. The number of benzene rings is 1. The van der Waals surface area contributed by atoms with Gasteiger partial charge < -0.3 is 14.4 Å². The van der Waals surface area contributed by atoms with Gasteiger partial charge in [0.1, 0.15) is 0 Å². The summed E-state index contributed by atoms with van der Waals surface area (Å²) < 4.78 is 5.75. The molecule has 23 heavy (non-hydrogen) atoms. The first kappa shape index (κ1) is 15.7. The largest absolute Gasteiger partial charge is 0.431 e. The van der Waals surface area contributed by atoms with Crippen molar-refractivity contribution in [1.82, 2.24) is 9.88 Å². The van der Waals surface area contributed by atoms with E-state index in [1.807, 2.05) is 30.3 Å². The Hall–Kier alpha value is -2.14. The number of rotatable bonds is 3. The van der Waals surface area contributed by atoms with E-state index >= 15 is 0 Å². The molecule has 0 spiro atoms. The number of aliphatic hydroxyl groups is 1. The number of carbonyl (C=O) groups excluding carboxylic acids is 1. The second-order valence-electron chi connectivity index (χ2n) is 6.40. The molecule has 2 atom stereocenters. The zero-order valence-corrected chi connectivity index (χ0v) is 13.5. The van der Waals surface area contributed by atoms with Gasteiger partial charge in [-0.1, -0.05) is 25.1 Å². The number of likely N-dealkylation sites (tertiary alicyclic amines) is 1. The predicted molar refractivity (Wildman–Crippen MR) is 86.9 cm³/mol. The smallest absolute Gasteiger partial charge is 0.291 e. The minimum absolute atomic E-state index is 0.110. The van der Waals surface area contributed by atoms with Gasteiger partial charge in [-0.2, -0.15) is 0 Å². The molecule has 0 radical (unpaired) electrons. The lowest BCUT2D eigenvalue weighted by Crippen LogP contribution is -2.44. The van der Waals surface area contributed by atoms with Gasteiger partial charge >= 0.3 is 0 Å². The predicted octanol–water partition coefficient (Wildman–Crippen LogP) is 2.74. The van der Waals surface area contributed by atoms with E-state index in [4.69, 9.17) is 4.42 Å². The molecule has 1 amide bonds. The Balaban J connectivity index is 1.84. The quantitative estimate of drug-likeness (QED) is 0.946. The summed E-state index contributed by atoms with van der Waals surface area (Å²) in [5, 5.41) is 9.41. The number of oxazole rings is 1. The Morgan fingerprint density at radius 1 is 1.35 bits per heavy atom. The van der Waals surface area contributed by atoms with Gasteiger partial charge in [0, 0.05) is 25.3 Å². The number of aliphatic hydroxyl groups excluding tert-OH is 1. The Morgan fingerprint density at radius 2 is 2.09 bits per heavy atom. The highest BCUT2D eigenvalue weighted by molar-refractivity contribution is 5.93. The highest BCUT2D eigenvalue weighted by atomic mass is 16.4. The third-order valence-electron chi connectivity index (χ3n) is 4.30. The fourth-order valence-corrected chi connectivity index (χ4v) is 3.22. The molecule has 2 heterocycles. The van der Waals surface area contributed by atoms with Crippen molar-refractivity contribution in [3.63, 3.8) is 0 Å². The second-order valence-corrected chi connectivity index (χ2v) is 6.40. The van der Waals surface area contributed by atoms with Crippen LogP contribution in [0.1, 0.15) is 29.6 Å². The summed E-state index contributed by atoms with van der Waals surface area (Å²) in [5.74, 6) is 1.15. The molecule has 1 fully saturated rings. The summed E-state index contributed by atoms with van der Waals surface area (Å²) in [4.78, 5) is 18.9. The number of aryl methyl sites for hydroxylation is 1. The van der Waals surface area contributed by atoms with Crippen LogP contribution < -0.4 is 0 Å². The van der Waals surface area contributed by atoms with E-state index in [2.05, 4.69) is 11.9 Å². The van der Waals surface area contributed by atoms with Crippen molar-refractivity contribution in [1.29, 1.82) is 0 Å². The molecule has 3 rings (SSSR count). The Labute approximate surface area is 135 Å². The lowest BCUT2D eigenvalue weighted by atomic mass is 9.91. The highest BCUT2D eigenvalue weighted by Gasteiger charge is 2.31. The van der Waals surface area contributed by atoms with Crippen molar-refractivity contribution in [2.24, 2.45) is 11.8 Å². The number of aromatic nitrogens is 1. The molecule has 2 aromatic rings. The van der Waals surface area contributed by atoms with E-state index in [1.165, 1.54) is 0 Å². The van der Waals surface area contributed by atoms with Gasteiger partial charge in [-0.05, 0) is 37.3 Å². The fraction of sp³-hybridized carbons (Fsp3) is 0.444. The van der Waals surface area contributed by atoms with Crippen LogP contribution in [0.15, 0.2) is 34.7 Å². The zero-order valence-electron chi connectivity index (χ0n) is 13.5. The topological polar surface area (TPSA) is 66.6 Å². The van der Waals surface area contributed by atoms with Crippen LogP contribution >= 0.6 is 0 Å². The molecule has 122 valence electrons. The minimum Gasteiger partial charge on any atom is -0.431 e. The lowest BCUT2D eigenvalue weighted by molar-refractivity contribution is 0.0504. The third-order valence-corrected chi connectivity index (χ3v) is 4.30. The summed E-state index contributed by atoms with van der Waals surface area (Å²) in [7, 11) is 0. The van der Waals surface area contributed by atoms with E-state index in [1.54, 1.807) is 11.8 Å². The van der Waals surface area contributed by atoms with Gasteiger partial charge in [-0.25, -0.2) is 4.98 Å². The molecule has 0 bridgehead atoms. The average Bonchev–Trinajstić information content (AvgIpc) is 2.96. The van der Waals surface area contributed by atoms with E-state index in [-0.39, 0.29) is 18.4 Å². The minimum atomic E-state index is -0.137. The molecule has 1 aliphatic heterocycles. The van der Waals surface area contributed by atoms with Crippen LogP contribution in [-0.2, 0) is 0 Å². The maximum absolute atomic E-state index is 12.8. The fourth-order valence-electron chi connectivity index (χ4n) is 3.22. The average molecular weight is 314 g/mol. The second kappa shape index (κ2) is 6.54. The van der Waals surface area contributed by atoms with E-state index in [0.29, 0.717) is 36.4 Å². The number of hydrogen-bond donors (Lipinski definition) is 1. The number of hydrogen-bond acceptors (Lipinski definition) is 4. The van der Waals surface area contributed by atoms with E-state index < -0.39 is 0 Å². The standard InChI is InChI=1S/C18H22N2O3/c1-12-8-14(11-21)10-20(9-12)18(22)16-13(2)19-17(23-16)15-6-4-3-5-7-15/h3-7,12,14,21H,8-11H2,1-2H3. The van der Waals surface area contributed by atoms with Gasteiger partial charge in [0.15, 0.2) is 0 Å². The van der Waals surface area contributed by atoms with Gasteiger partial charge in [-0.3, -0.25) is 4.79 Å². The Kier molecular flexibility index (Phi) is 4.48. The molecule has 0 aliphatic carbocycles. The SMILES string of the molecule is Cc1nc(-c2ccccc2)oc1C(=O)N1CC(C)CC(CO)C1. The van der Waals surface area contributed by atoms with Gasteiger partial charge in [0.05, 0.1) is 5.69 Å². The van der Waals surface area contributed by atoms with Crippen molar-refractivity contribution in [3.8, 4) is 11.5 Å². The Morgan fingerprint density at radius 3 is 2.78 bits per heavy atom. The first-order valence-electron chi connectivity index (χ1n) is 8.01. The molecule has 1 aromatic carbocycles. The summed E-state index contributed by atoms with van der Waals surface area (Å²) in [6, 6.07) is 9.56. The monoisotopic (exact) mass is 314 g/mol. The summed E-state index contributed by atoms with van der Waals surface area (Å²) in [5.41, 5.74) is 1.46. The zero-order chi connectivity index (χ0) is 16.4. The normalized spacial score (nSPS) is 21.4. The third kappa shape index (κ3) is 3.29. The van der Waals surface area contributed by atoms with Crippen LogP contribution in [0.25, 0.3) is 11.5 Å². The van der Waals surface area contributed by atoms with Crippen molar-refractivity contribution in [2.75, 3.05) is 19.7 Å². The molecular formula is C18H22N2O3. The number of piperidine rings is 1. The first-order valence-corrected chi connectivity index (χ1v) is 8.01. The molecule has 2 unspecified atom stereocenters. The molecule has 5 heteroatoms. The van der Waals surface area contributed by atoms with Crippen LogP contribution in [0, 0.1) is 18.8 Å². The Bertz CT molecular complexity index is 681. The van der Waals surface area contributed by atoms with Gasteiger partial charge in [-0.15, -0.1) is 0 Å². The molecule has 1 aliphatic rings. The van der Waals surface area contributed by atoms with E-state index in [9.17, 15) is 9.90 Å². The summed E-state index contributed by atoms with van der Waals surface area (Å²) in [6.07, 6.45) is 0.949. The summed E-state index contributed by atoms with van der Waals surface area (Å²) in [6.45, 7) is 5.26. The molecule has 1 saturated heterocycles. The van der Waals surface area contributed by atoms with Crippen LogP contribution in [0.3, 0.4) is 0 Å². The molecule has 1 N–H and O–H groups in total. The van der Waals surface area contributed by atoms with E-state index in [0.717, 1.165) is 12.0 Å². The van der Waals surface area contributed by atoms with Gasteiger partial charge in [0.2, 0.25) is 11.7 Å². The maximum Gasteiger partial charge on any atom is 0.291 e. The highest BCUT2D eigenvalue weighted by Crippen LogP contribution is 2.26. The lowest BCUT2D eigenvalue weighted by Gasteiger charge is -2.35. The van der Waals surface area contributed by atoms with Crippen molar-refractivity contribution < 1.29 is 14.3 Å².